The van der Waals surface area contributed by atoms with Gasteiger partial charge in [-0.2, -0.15) is 0 Å². The van der Waals surface area contributed by atoms with Gasteiger partial charge in [0.15, 0.2) is 0 Å². The Bertz CT molecular complexity index is 1290. The molecule has 1 amide bonds. The topological polar surface area (TPSA) is 67.4 Å². The lowest BCUT2D eigenvalue weighted by molar-refractivity contribution is -0.114. The first kappa shape index (κ1) is 23.1. The minimum absolute atomic E-state index is 0.0563. The Morgan fingerprint density at radius 3 is 2.41 bits per heavy atom. The monoisotopic (exact) mass is 468 g/mol. The molecule has 0 aliphatic carbocycles. The lowest BCUT2D eigenvalue weighted by Crippen LogP contribution is -2.22. The van der Waals surface area contributed by atoms with Crippen molar-refractivity contribution in [3.63, 3.8) is 0 Å². The number of aryl methyl sites for hydroxylation is 1. The number of esters is 1. The third kappa shape index (κ3) is 6.49. The molecular formula is C28H24N2O3S. The van der Waals surface area contributed by atoms with Crippen molar-refractivity contribution >= 4 is 35.0 Å². The van der Waals surface area contributed by atoms with E-state index in [9.17, 15) is 9.59 Å². The number of rotatable bonds is 8. The Morgan fingerprint density at radius 1 is 0.824 bits per heavy atom. The Hall–Kier alpha value is -4.03. The highest BCUT2D eigenvalue weighted by Gasteiger charge is 2.11. The molecule has 0 aliphatic heterocycles. The van der Waals surface area contributed by atoms with E-state index >= 15 is 0 Å². The molecule has 0 unspecified atom stereocenters. The smallest absolute Gasteiger partial charge is 0.343 e. The lowest BCUT2D eigenvalue weighted by Gasteiger charge is -2.12. The summed E-state index contributed by atoms with van der Waals surface area (Å²) in [4.78, 5) is 27.2. The Morgan fingerprint density at radius 2 is 1.59 bits per heavy atom. The average Bonchev–Trinajstić information content (AvgIpc) is 2.85. The number of anilines is 2. The zero-order chi connectivity index (χ0) is 23.8. The highest BCUT2D eigenvalue weighted by atomic mass is 32.2. The Balaban J connectivity index is 1.35. The van der Waals surface area contributed by atoms with Gasteiger partial charge in [-0.1, -0.05) is 60.3 Å². The maximum Gasteiger partial charge on any atom is 0.343 e. The molecule has 0 radical (unpaired) electrons. The van der Waals surface area contributed by atoms with E-state index in [1.807, 2.05) is 73.7 Å². The second-order valence-corrected chi connectivity index (χ2v) is 8.72. The predicted molar refractivity (Wildman–Crippen MR) is 137 cm³/mol. The fraction of sp³-hybridized carbons (Fsp3) is 0.0714. The minimum atomic E-state index is -0.453. The molecule has 0 fully saturated rings. The lowest BCUT2D eigenvalue weighted by atomic mass is 10.2. The van der Waals surface area contributed by atoms with Gasteiger partial charge in [0.2, 0.25) is 5.91 Å². The van der Waals surface area contributed by atoms with E-state index in [0.717, 1.165) is 21.0 Å². The van der Waals surface area contributed by atoms with Crippen molar-refractivity contribution in [2.45, 2.75) is 16.7 Å². The molecule has 4 rings (SSSR count). The van der Waals surface area contributed by atoms with Crippen LogP contribution < -0.4 is 15.4 Å². The standard InChI is InChI=1S/C28H24N2O3S/c1-20-9-7-12-23(17-20)33-28(32)21-10-8-11-22(18-21)29-19-27(31)30-25-15-5-6-16-26(25)34-24-13-3-2-4-14-24/h2-18,29H,19H2,1H3,(H,30,31). The van der Waals surface area contributed by atoms with Gasteiger partial charge >= 0.3 is 5.97 Å². The molecule has 170 valence electrons. The van der Waals surface area contributed by atoms with E-state index in [1.54, 1.807) is 48.2 Å². The van der Waals surface area contributed by atoms with Crippen LogP contribution in [-0.2, 0) is 4.79 Å². The molecule has 0 atom stereocenters. The van der Waals surface area contributed by atoms with Crippen LogP contribution in [0, 0.1) is 6.92 Å². The number of carbonyl (C=O) groups excluding carboxylic acids is 2. The predicted octanol–water partition coefficient (Wildman–Crippen LogP) is 6.42. The molecule has 0 saturated heterocycles. The molecule has 0 aliphatic rings. The van der Waals surface area contributed by atoms with Crippen molar-refractivity contribution in [1.29, 1.82) is 0 Å². The van der Waals surface area contributed by atoms with Gasteiger partial charge in [0.25, 0.3) is 0 Å². The van der Waals surface area contributed by atoms with Crippen LogP contribution in [0.25, 0.3) is 0 Å². The van der Waals surface area contributed by atoms with Crippen molar-refractivity contribution in [3.05, 3.63) is 114 Å². The van der Waals surface area contributed by atoms with Crippen LogP contribution in [0.15, 0.2) is 113 Å². The SMILES string of the molecule is Cc1cccc(OC(=O)c2cccc(NCC(=O)Nc3ccccc3Sc3ccccc3)c2)c1. The second kappa shape index (κ2) is 11.2. The highest BCUT2D eigenvalue weighted by Crippen LogP contribution is 2.33. The summed E-state index contributed by atoms with van der Waals surface area (Å²) in [5, 5.41) is 6.04. The summed E-state index contributed by atoms with van der Waals surface area (Å²) in [7, 11) is 0. The summed E-state index contributed by atoms with van der Waals surface area (Å²) >= 11 is 1.59. The van der Waals surface area contributed by atoms with Crippen LogP contribution in [0.4, 0.5) is 11.4 Å². The molecular weight excluding hydrogens is 444 g/mol. The quantitative estimate of drug-likeness (QED) is 0.231. The number of hydrogen-bond acceptors (Lipinski definition) is 5. The summed E-state index contributed by atoms with van der Waals surface area (Å²) in [6, 6.07) is 31.9. The van der Waals surface area contributed by atoms with E-state index in [2.05, 4.69) is 10.6 Å². The molecule has 5 nitrogen and oxygen atoms in total. The number of carbonyl (C=O) groups is 2. The van der Waals surface area contributed by atoms with Crippen molar-refractivity contribution in [2.75, 3.05) is 17.2 Å². The third-order valence-corrected chi connectivity index (χ3v) is 5.97. The van der Waals surface area contributed by atoms with Gasteiger partial charge in [0.05, 0.1) is 17.8 Å². The molecule has 4 aromatic rings. The molecule has 0 bridgehead atoms. The molecule has 6 heteroatoms. The summed E-state index contributed by atoms with van der Waals surface area (Å²) in [6.45, 7) is 1.99. The van der Waals surface area contributed by atoms with E-state index in [-0.39, 0.29) is 12.5 Å². The molecule has 2 N–H and O–H groups in total. The first-order valence-corrected chi connectivity index (χ1v) is 11.6. The van der Waals surface area contributed by atoms with E-state index < -0.39 is 5.97 Å². The van der Waals surface area contributed by atoms with Gasteiger partial charge in [-0.05, 0) is 67.1 Å². The van der Waals surface area contributed by atoms with E-state index in [4.69, 9.17) is 4.74 Å². The summed E-state index contributed by atoms with van der Waals surface area (Å²) in [5.74, 6) is -0.144. The van der Waals surface area contributed by atoms with Crippen LogP contribution in [0.1, 0.15) is 15.9 Å². The number of ether oxygens (including phenoxy) is 1. The number of amides is 1. The van der Waals surface area contributed by atoms with Crippen LogP contribution in [-0.4, -0.2) is 18.4 Å². The van der Waals surface area contributed by atoms with Crippen LogP contribution >= 0.6 is 11.8 Å². The van der Waals surface area contributed by atoms with Crippen molar-refractivity contribution in [3.8, 4) is 5.75 Å². The molecule has 0 saturated carbocycles. The number of para-hydroxylation sites is 1. The molecule has 0 heterocycles. The fourth-order valence-corrected chi connectivity index (χ4v) is 4.17. The van der Waals surface area contributed by atoms with Gasteiger partial charge in [-0.25, -0.2) is 4.79 Å². The molecule has 34 heavy (non-hydrogen) atoms. The maximum absolute atomic E-state index is 12.6. The van der Waals surface area contributed by atoms with Gasteiger partial charge in [-0.15, -0.1) is 0 Å². The van der Waals surface area contributed by atoms with E-state index in [0.29, 0.717) is 17.0 Å². The maximum atomic E-state index is 12.6. The van der Waals surface area contributed by atoms with E-state index in [1.165, 1.54) is 0 Å². The zero-order valence-corrected chi connectivity index (χ0v) is 19.5. The van der Waals surface area contributed by atoms with Crippen LogP contribution in [0.3, 0.4) is 0 Å². The average molecular weight is 469 g/mol. The highest BCUT2D eigenvalue weighted by molar-refractivity contribution is 7.99. The number of nitrogens with one attached hydrogen (secondary N) is 2. The van der Waals surface area contributed by atoms with Crippen molar-refractivity contribution < 1.29 is 14.3 Å². The van der Waals surface area contributed by atoms with Crippen molar-refractivity contribution in [2.24, 2.45) is 0 Å². The Labute approximate surface area is 203 Å². The molecule has 0 aromatic heterocycles. The van der Waals surface area contributed by atoms with Gasteiger partial charge in [-0.3, -0.25) is 4.79 Å². The number of hydrogen-bond donors (Lipinski definition) is 2. The van der Waals surface area contributed by atoms with Gasteiger partial charge < -0.3 is 15.4 Å². The normalized spacial score (nSPS) is 10.4. The zero-order valence-electron chi connectivity index (χ0n) is 18.7. The fourth-order valence-electron chi connectivity index (χ4n) is 3.25. The summed E-state index contributed by atoms with van der Waals surface area (Å²) in [5.41, 5.74) is 2.81. The van der Waals surface area contributed by atoms with Gasteiger partial charge in [0.1, 0.15) is 5.75 Å². The molecule has 4 aromatic carbocycles. The van der Waals surface area contributed by atoms with Crippen molar-refractivity contribution in [1.82, 2.24) is 0 Å². The second-order valence-electron chi connectivity index (χ2n) is 7.60. The third-order valence-electron chi connectivity index (χ3n) is 4.88. The summed E-state index contributed by atoms with van der Waals surface area (Å²) < 4.78 is 5.45. The Kier molecular flexibility index (Phi) is 7.63. The summed E-state index contributed by atoms with van der Waals surface area (Å²) in [6.07, 6.45) is 0. The first-order chi connectivity index (χ1) is 16.6. The first-order valence-electron chi connectivity index (χ1n) is 10.8. The molecule has 0 spiro atoms. The number of benzene rings is 4. The van der Waals surface area contributed by atoms with Gasteiger partial charge in [0, 0.05) is 15.5 Å². The minimum Gasteiger partial charge on any atom is -0.423 e. The van der Waals surface area contributed by atoms with Crippen LogP contribution in [0.5, 0.6) is 5.75 Å². The van der Waals surface area contributed by atoms with Crippen LogP contribution in [0.2, 0.25) is 0 Å². The largest absolute Gasteiger partial charge is 0.423 e.